The topological polar surface area (TPSA) is 58.7 Å². The maximum absolute atomic E-state index is 10.5. The molecule has 0 unspecified atom stereocenters. The maximum Gasteiger partial charge on any atom is 0.165 e. The van der Waals surface area contributed by atoms with Crippen molar-refractivity contribution in [3.05, 3.63) is 65.7 Å². The molecule has 1 atom stereocenters. The first kappa shape index (κ1) is 18.6. The number of rotatable bonds is 5. The summed E-state index contributed by atoms with van der Waals surface area (Å²) < 4.78 is 11.6. The first-order valence-electron chi connectivity index (χ1n) is 9.79. The third-order valence-electron chi connectivity index (χ3n) is 5.28. The van der Waals surface area contributed by atoms with E-state index in [2.05, 4.69) is 28.9 Å². The number of fused-ring (bicyclic) bond motifs is 1. The lowest BCUT2D eigenvalue weighted by atomic mass is 10.0. The normalized spacial score (nSPS) is 15.5. The highest BCUT2D eigenvalue weighted by Gasteiger charge is 2.21. The van der Waals surface area contributed by atoms with E-state index in [-0.39, 0.29) is 5.75 Å². The standard InChI is InChI=1S/C23H26N2O3/c1-16(22-7-6-17(2)28-22)8-10-25-11-12-27-23-19(15-25)13-18(14-21(23)26)20-5-3-4-9-24-20/h3-7,9,13-14,16,26H,8,10-12,15H2,1-2H3/t16-/m0/s1. The molecule has 1 aliphatic heterocycles. The van der Waals surface area contributed by atoms with E-state index >= 15 is 0 Å². The molecule has 28 heavy (non-hydrogen) atoms. The van der Waals surface area contributed by atoms with Gasteiger partial charge in [-0.25, -0.2) is 0 Å². The highest BCUT2D eigenvalue weighted by atomic mass is 16.5. The second kappa shape index (κ2) is 8.07. The van der Waals surface area contributed by atoms with E-state index in [1.54, 1.807) is 12.3 Å². The van der Waals surface area contributed by atoms with Crippen molar-refractivity contribution in [2.45, 2.75) is 32.7 Å². The average molecular weight is 378 g/mol. The Labute approximate surface area is 165 Å². The second-order valence-corrected chi connectivity index (χ2v) is 7.46. The van der Waals surface area contributed by atoms with Gasteiger partial charge in [0.15, 0.2) is 11.5 Å². The van der Waals surface area contributed by atoms with Gasteiger partial charge in [0.2, 0.25) is 0 Å². The molecule has 1 aliphatic rings. The van der Waals surface area contributed by atoms with Crippen LogP contribution in [-0.2, 0) is 6.54 Å². The van der Waals surface area contributed by atoms with Crippen LogP contribution >= 0.6 is 0 Å². The zero-order valence-corrected chi connectivity index (χ0v) is 16.4. The van der Waals surface area contributed by atoms with Crippen molar-refractivity contribution >= 4 is 0 Å². The van der Waals surface area contributed by atoms with Gasteiger partial charge in [0.1, 0.15) is 18.1 Å². The Kier molecular flexibility index (Phi) is 5.35. The largest absolute Gasteiger partial charge is 0.504 e. The van der Waals surface area contributed by atoms with E-state index in [1.165, 1.54) is 0 Å². The fourth-order valence-corrected chi connectivity index (χ4v) is 3.66. The zero-order valence-electron chi connectivity index (χ0n) is 16.4. The van der Waals surface area contributed by atoms with Crippen molar-refractivity contribution in [1.82, 2.24) is 9.88 Å². The SMILES string of the molecule is Cc1ccc([C@@H](C)CCN2CCOc3c(O)cc(-c4ccccn4)cc3C2)o1. The van der Waals surface area contributed by atoms with Crippen molar-refractivity contribution < 1.29 is 14.3 Å². The summed E-state index contributed by atoms with van der Waals surface area (Å²) in [5.74, 6) is 3.14. The second-order valence-electron chi connectivity index (χ2n) is 7.46. The molecule has 0 radical (unpaired) electrons. The first-order chi connectivity index (χ1) is 13.6. The third kappa shape index (κ3) is 4.04. The highest BCUT2D eigenvalue weighted by Crippen LogP contribution is 2.37. The van der Waals surface area contributed by atoms with E-state index in [4.69, 9.17) is 9.15 Å². The summed E-state index contributed by atoms with van der Waals surface area (Å²) in [7, 11) is 0. The molecule has 2 aromatic heterocycles. The summed E-state index contributed by atoms with van der Waals surface area (Å²) in [5.41, 5.74) is 2.75. The van der Waals surface area contributed by atoms with Gasteiger partial charge in [-0.15, -0.1) is 0 Å². The summed E-state index contributed by atoms with van der Waals surface area (Å²) in [6.07, 6.45) is 2.77. The van der Waals surface area contributed by atoms with Gasteiger partial charge >= 0.3 is 0 Å². The molecule has 0 spiro atoms. The molecule has 0 fully saturated rings. The minimum atomic E-state index is 0.180. The summed E-state index contributed by atoms with van der Waals surface area (Å²) in [4.78, 5) is 6.78. The molecule has 146 valence electrons. The molecule has 4 rings (SSSR count). The molecule has 5 nitrogen and oxygen atoms in total. The predicted octanol–water partition coefficient (Wildman–Crippen LogP) is 4.74. The summed E-state index contributed by atoms with van der Waals surface area (Å²) in [5, 5.41) is 10.5. The summed E-state index contributed by atoms with van der Waals surface area (Å²) in [6, 6.07) is 13.7. The van der Waals surface area contributed by atoms with E-state index < -0.39 is 0 Å². The van der Waals surface area contributed by atoms with Crippen LogP contribution in [0.15, 0.2) is 53.1 Å². The monoisotopic (exact) mass is 378 g/mol. The van der Waals surface area contributed by atoms with Crippen LogP contribution in [0.3, 0.4) is 0 Å². The molecule has 0 saturated heterocycles. The van der Waals surface area contributed by atoms with E-state index in [0.29, 0.717) is 18.3 Å². The van der Waals surface area contributed by atoms with Gasteiger partial charge in [-0.1, -0.05) is 13.0 Å². The van der Waals surface area contributed by atoms with Gasteiger partial charge in [-0.2, -0.15) is 0 Å². The lowest BCUT2D eigenvalue weighted by Crippen LogP contribution is -2.27. The van der Waals surface area contributed by atoms with Crippen LogP contribution in [0.1, 0.15) is 36.3 Å². The fourth-order valence-electron chi connectivity index (χ4n) is 3.66. The molecule has 3 heterocycles. The third-order valence-corrected chi connectivity index (χ3v) is 5.28. The lowest BCUT2D eigenvalue weighted by Gasteiger charge is -2.21. The number of nitrogens with zero attached hydrogens (tertiary/aromatic N) is 2. The summed E-state index contributed by atoms with van der Waals surface area (Å²) >= 11 is 0. The van der Waals surface area contributed by atoms with Crippen LogP contribution in [0.4, 0.5) is 0 Å². The number of pyridine rings is 1. The van der Waals surface area contributed by atoms with Crippen molar-refractivity contribution in [1.29, 1.82) is 0 Å². The van der Waals surface area contributed by atoms with Gasteiger partial charge in [-0.3, -0.25) is 9.88 Å². The van der Waals surface area contributed by atoms with Gasteiger partial charge < -0.3 is 14.3 Å². The van der Waals surface area contributed by atoms with Crippen LogP contribution in [0.5, 0.6) is 11.5 Å². The number of hydrogen-bond donors (Lipinski definition) is 1. The van der Waals surface area contributed by atoms with Gasteiger partial charge in [-0.05, 0) is 56.3 Å². The molecule has 1 N–H and O–H groups in total. The van der Waals surface area contributed by atoms with E-state index in [1.807, 2.05) is 31.2 Å². The number of aromatic nitrogens is 1. The molecular weight excluding hydrogens is 352 g/mol. The number of aryl methyl sites for hydroxylation is 1. The fraction of sp³-hybridized carbons (Fsp3) is 0.348. The Bertz CT molecular complexity index is 936. The zero-order chi connectivity index (χ0) is 19.5. The number of ether oxygens (including phenoxy) is 1. The molecule has 0 amide bonds. The van der Waals surface area contributed by atoms with Crippen LogP contribution in [0.2, 0.25) is 0 Å². The van der Waals surface area contributed by atoms with Crippen LogP contribution in [0.25, 0.3) is 11.3 Å². The van der Waals surface area contributed by atoms with E-state index in [9.17, 15) is 5.11 Å². The summed E-state index contributed by atoms with van der Waals surface area (Å²) in [6.45, 7) is 7.26. The molecule has 3 aromatic rings. The first-order valence-corrected chi connectivity index (χ1v) is 9.79. The Balaban J connectivity index is 1.50. The van der Waals surface area contributed by atoms with Gasteiger partial charge in [0.25, 0.3) is 0 Å². The van der Waals surface area contributed by atoms with Gasteiger partial charge in [0.05, 0.1) is 5.69 Å². The lowest BCUT2D eigenvalue weighted by molar-refractivity contribution is 0.216. The smallest absolute Gasteiger partial charge is 0.165 e. The van der Waals surface area contributed by atoms with Crippen molar-refractivity contribution in [2.24, 2.45) is 0 Å². The minimum Gasteiger partial charge on any atom is -0.504 e. The van der Waals surface area contributed by atoms with Crippen molar-refractivity contribution in [2.75, 3.05) is 19.7 Å². The van der Waals surface area contributed by atoms with E-state index in [0.717, 1.165) is 54.4 Å². The number of aromatic hydroxyl groups is 1. The van der Waals surface area contributed by atoms with Crippen LogP contribution < -0.4 is 4.74 Å². The Morgan fingerprint density at radius 1 is 1.21 bits per heavy atom. The molecule has 0 aliphatic carbocycles. The maximum atomic E-state index is 10.5. The van der Waals surface area contributed by atoms with Crippen LogP contribution in [-0.4, -0.2) is 34.7 Å². The van der Waals surface area contributed by atoms with Gasteiger partial charge in [0, 0.05) is 36.3 Å². The predicted molar refractivity (Wildman–Crippen MR) is 109 cm³/mol. The molecule has 5 heteroatoms. The van der Waals surface area contributed by atoms with Crippen LogP contribution in [0, 0.1) is 6.92 Å². The van der Waals surface area contributed by atoms with Crippen molar-refractivity contribution in [3.63, 3.8) is 0 Å². The number of benzene rings is 1. The Morgan fingerprint density at radius 2 is 2.11 bits per heavy atom. The highest BCUT2D eigenvalue weighted by molar-refractivity contribution is 5.66. The minimum absolute atomic E-state index is 0.180. The molecular formula is C23H26N2O3. The number of furan rings is 1. The quantitative estimate of drug-likeness (QED) is 0.695. The molecule has 1 aromatic carbocycles. The average Bonchev–Trinajstić information content (AvgIpc) is 3.03. The molecule has 0 saturated carbocycles. The van der Waals surface area contributed by atoms with Crippen molar-refractivity contribution in [3.8, 4) is 22.8 Å². The number of phenols is 1. The number of hydrogen-bond acceptors (Lipinski definition) is 5. The Morgan fingerprint density at radius 3 is 2.86 bits per heavy atom. The Hall–Kier alpha value is -2.79. The molecule has 0 bridgehead atoms. The number of phenolic OH excluding ortho intramolecular Hbond substituents is 1.